The van der Waals surface area contributed by atoms with Gasteiger partial charge < -0.3 is 14.4 Å². The molecule has 45 heavy (non-hydrogen) atoms. The standard InChI is InChI=1S/C36H69O8P/c1-4-6-8-10-12-14-15-16-17-18-19-20-21-23-25-27-29-31-36(38)44-34(33-43-45(39,40)41-3)32-42-35(37)30-28-26-24-22-13-11-9-7-5-2/h16-17,34H,4-15,18-33H2,1-3H3,(H,39,40)/b17-16-. The quantitative estimate of drug-likeness (QED) is 0.0314. The van der Waals surface area contributed by atoms with E-state index in [-0.39, 0.29) is 19.0 Å². The molecule has 2 atom stereocenters. The highest BCUT2D eigenvalue weighted by molar-refractivity contribution is 7.47. The smallest absolute Gasteiger partial charge is 0.462 e. The van der Waals surface area contributed by atoms with Gasteiger partial charge in [-0.2, -0.15) is 0 Å². The summed E-state index contributed by atoms with van der Waals surface area (Å²) < 4.78 is 31.8. The van der Waals surface area contributed by atoms with Crippen molar-refractivity contribution in [1.82, 2.24) is 0 Å². The van der Waals surface area contributed by atoms with Crippen LogP contribution >= 0.6 is 7.82 Å². The third kappa shape index (κ3) is 32.5. The van der Waals surface area contributed by atoms with E-state index in [9.17, 15) is 19.0 Å². The van der Waals surface area contributed by atoms with Gasteiger partial charge in [0.25, 0.3) is 0 Å². The Morgan fingerprint density at radius 2 is 1.00 bits per heavy atom. The van der Waals surface area contributed by atoms with Gasteiger partial charge in [0.15, 0.2) is 6.10 Å². The first-order valence-corrected chi connectivity index (χ1v) is 19.9. The van der Waals surface area contributed by atoms with Crippen molar-refractivity contribution >= 4 is 19.8 Å². The number of esters is 2. The Kier molecular flexibility index (Phi) is 31.8. The molecule has 0 aliphatic carbocycles. The summed E-state index contributed by atoms with van der Waals surface area (Å²) in [6.45, 7) is 3.85. The Morgan fingerprint density at radius 3 is 1.44 bits per heavy atom. The van der Waals surface area contributed by atoms with Crippen molar-refractivity contribution in [2.24, 2.45) is 0 Å². The molecule has 2 unspecified atom stereocenters. The van der Waals surface area contributed by atoms with E-state index in [4.69, 9.17) is 14.0 Å². The van der Waals surface area contributed by atoms with Crippen molar-refractivity contribution in [1.29, 1.82) is 0 Å². The molecule has 0 amide bonds. The molecule has 0 aliphatic rings. The summed E-state index contributed by atoms with van der Waals surface area (Å²) in [6, 6.07) is 0. The number of rotatable bonds is 34. The zero-order valence-electron chi connectivity index (χ0n) is 29.3. The van der Waals surface area contributed by atoms with Crippen molar-refractivity contribution in [2.75, 3.05) is 20.3 Å². The number of carbonyl (C=O) groups is 2. The molecule has 0 spiro atoms. The zero-order chi connectivity index (χ0) is 33.3. The number of hydrogen-bond donors (Lipinski definition) is 1. The van der Waals surface area contributed by atoms with E-state index >= 15 is 0 Å². The van der Waals surface area contributed by atoms with Crippen LogP contribution in [0.3, 0.4) is 0 Å². The van der Waals surface area contributed by atoms with E-state index < -0.39 is 26.5 Å². The number of hydrogen-bond acceptors (Lipinski definition) is 7. The molecule has 0 aromatic heterocycles. The molecule has 0 saturated carbocycles. The highest BCUT2D eigenvalue weighted by Gasteiger charge is 2.24. The Labute approximate surface area is 276 Å². The minimum absolute atomic E-state index is 0.222. The Hall–Kier alpha value is -1.21. The summed E-state index contributed by atoms with van der Waals surface area (Å²) in [4.78, 5) is 34.2. The van der Waals surface area contributed by atoms with Crippen molar-refractivity contribution in [3.63, 3.8) is 0 Å². The van der Waals surface area contributed by atoms with Crippen LogP contribution in [-0.4, -0.2) is 43.3 Å². The fourth-order valence-electron chi connectivity index (χ4n) is 5.12. The van der Waals surface area contributed by atoms with E-state index in [1.807, 2.05) is 0 Å². The van der Waals surface area contributed by atoms with E-state index in [2.05, 4.69) is 30.5 Å². The van der Waals surface area contributed by atoms with Gasteiger partial charge in [0.05, 0.1) is 6.61 Å². The van der Waals surface area contributed by atoms with Gasteiger partial charge in [-0.1, -0.05) is 142 Å². The van der Waals surface area contributed by atoms with Crippen LogP contribution in [0.15, 0.2) is 12.2 Å². The molecule has 0 rings (SSSR count). The normalized spacial score (nSPS) is 13.6. The van der Waals surface area contributed by atoms with Gasteiger partial charge in [-0.3, -0.25) is 18.6 Å². The topological polar surface area (TPSA) is 108 Å². The van der Waals surface area contributed by atoms with Crippen molar-refractivity contribution in [3.8, 4) is 0 Å². The molecule has 0 aromatic rings. The van der Waals surface area contributed by atoms with E-state index in [1.54, 1.807) is 0 Å². The van der Waals surface area contributed by atoms with Crippen LogP contribution in [-0.2, 0) is 32.7 Å². The summed E-state index contributed by atoms with van der Waals surface area (Å²) in [5, 5.41) is 0. The second-order valence-corrected chi connectivity index (χ2v) is 13.9. The monoisotopic (exact) mass is 660 g/mol. The maximum atomic E-state index is 12.4. The molecule has 0 bridgehead atoms. The highest BCUT2D eigenvalue weighted by Crippen LogP contribution is 2.42. The number of ether oxygens (including phenoxy) is 2. The lowest BCUT2D eigenvalue weighted by Gasteiger charge is -2.19. The number of unbranched alkanes of at least 4 members (excludes halogenated alkanes) is 21. The molecular weight excluding hydrogens is 591 g/mol. The predicted molar refractivity (Wildman–Crippen MR) is 184 cm³/mol. The lowest BCUT2D eigenvalue weighted by molar-refractivity contribution is -0.161. The number of phosphoric ester groups is 1. The third-order valence-electron chi connectivity index (χ3n) is 8.01. The first-order valence-electron chi connectivity index (χ1n) is 18.4. The van der Waals surface area contributed by atoms with Gasteiger partial charge >= 0.3 is 19.8 Å². The molecule has 0 fully saturated rings. The van der Waals surface area contributed by atoms with Crippen LogP contribution < -0.4 is 0 Å². The second kappa shape index (κ2) is 32.7. The maximum absolute atomic E-state index is 12.4. The zero-order valence-corrected chi connectivity index (χ0v) is 30.2. The molecule has 9 heteroatoms. The lowest BCUT2D eigenvalue weighted by Crippen LogP contribution is -2.29. The molecule has 0 saturated heterocycles. The van der Waals surface area contributed by atoms with Gasteiger partial charge in [-0.15, -0.1) is 0 Å². The minimum Gasteiger partial charge on any atom is -0.462 e. The molecule has 0 aliphatic heterocycles. The van der Waals surface area contributed by atoms with Gasteiger partial charge in [0.2, 0.25) is 0 Å². The fraction of sp³-hybridized carbons (Fsp3) is 0.889. The van der Waals surface area contributed by atoms with Crippen molar-refractivity contribution in [3.05, 3.63) is 12.2 Å². The molecule has 0 aromatic carbocycles. The van der Waals surface area contributed by atoms with Crippen LogP contribution in [0.5, 0.6) is 0 Å². The van der Waals surface area contributed by atoms with Crippen LogP contribution in [0.1, 0.15) is 181 Å². The summed E-state index contributed by atoms with van der Waals surface area (Å²) in [5.74, 6) is -0.807. The average molecular weight is 661 g/mol. The Bertz CT molecular complexity index is 757. The van der Waals surface area contributed by atoms with Crippen LogP contribution in [0.2, 0.25) is 0 Å². The Morgan fingerprint density at radius 1 is 0.600 bits per heavy atom. The molecule has 8 nitrogen and oxygen atoms in total. The molecule has 0 radical (unpaired) electrons. The maximum Gasteiger partial charge on any atom is 0.472 e. The third-order valence-corrected chi connectivity index (χ3v) is 8.95. The largest absolute Gasteiger partial charge is 0.472 e. The van der Waals surface area contributed by atoms with Gasteiger partial charge in [0, 0.05) is 20.0 Å². The van der Waals surface area contributed by atoms with Crippen molar-refractivity contribution < 1.29 is 37.6 Å². The van der Waals surface area contributed by atoms with Gasteiger partial charge in [0.1, 0.15) is 6.61 Å². The SMILES string of the molecule is CCCCCCCC/C=C\CCCCCCCCCC(=O)OC(COC(=O)CCCCCCCCCCC)COP(=O)(O)OC. The van der Waals surface area contributed by atoms with Gasteiger partial charge in [-0.05, 0) is 38.5 Å². The fourth-order valence-corrected chi connectivity index (χ4v) is 5.58. The number of carbonyl (C=O) groups excluding carboxylic acids is 2. The van der Waals surface area contributed by atoms with Crippen LogP contribution in [0.25, 0.3) is 0 Å². The lowest BCUT2D eigenvalue weighted by atomic mass is 10.1. The van der Waals surface area contributed by atoms with Gasteiger partial charge in [-0.25, -0.2) is 4.57 Å². The average Bonchev–Trinajstić information content (AvgIpc) is 3.03. The van der Waals surface area contributed by atoms with E-state index in [1.165, 1.54) is 103 Å². The second-order valence-electron chi connectivity index (χ2n) is 12.4. The highest BCUT2D eigenvalue weighted by atomic mass is 31.2. The summed E-state index contributed by atoms with van der Waals surface area (Å²) in [6.07, 6.45) is 32.7. The van der Waals surface area contributed by atoms with Crippen LogP contribution in [0, 0.1) is 0 Å². The first kappa shape index (κ1) is 43.8. The van der Waals surface area contributed by atoms with Crippen molar-refractivity contribution in [2.45, 2.75) is 187 Å². The molecule has 1 N–H and O–H groups in total. The number of allylic oxidation sites excluding steroid dienone is 2. The summed E-state index contributed by atoms with van der Waals surface area (Å²) >= 11 is 0. The van der Waals surface area contributed by atoms with Crippen LogP contribution in [0.4, 0.5) is 0 Å². The number of phosphoric acid groups is 1. The molecule has 266 valence electrons. The summed E-state index contributed by atoms with van der Waals surface area (Å²) in [7, 11) is -3.19. The summed E-state index contributed by atoms with van der Waals surface area (Å²) in [5.41, 5.74) is 0. The van der Waals surface area contributed by atoms with E-state index in [0.29, 0.717) is 12.8 Å². The minimum atomic E-state index is -4.25. The molecular formula is C36H69O8P. The Balaban J connectivity index is 4.03. The van der Waals surface area contributed by atoms with E-state index in [0.717, 1.165) is 52.1 Å². The predicted octanol–water partition coefficient (Wildman–Crippen LogP) is 10.9. The first-order chi connectivity index (χ1) is 21.8. The molecule has 0 heterocycles.